The lowest BCUT2D eigenvalue weighted by Crippen LogP contribution is -2.09. The number of hydrogen-bond donors (Lipinski definition) is 1. The number of esters is 1. The number of fused-ring (bicyclic) bond motifs is 1. The van der Waals surface area contributed by atoms with E-state index in [0.717, 1.165) is 17.5 Å². The first-order valence-electron chi connectivity index (χ1n) is 8.24. The van der Waals surface area contributed by atoms with E-state index >= 15 is 0 Å². The summed E-state index contributed by atoms with van der Waals surface area (Å²) in [5.41, 5.74) is 2.47. The van der Waals surface area contributed by atoms with Crippen molar-refractivity contribution in [3.63, 3.8) is 0 Å². The number of nitrogens with zero attached hydrogens (tertiary/aromatic N) is 3. The Morgan fingerprint density at radius 1 is 1.36 bits per heavy atom. The van der Waals surface area contributed by atoms with Crippen LogP contribution in [0.3, 0.4) is 0 Å². The molecule has 0 amide bonds. The van der Waals surface area contributed by atoms with E-state index in [1.807, 2.05) is 28.8 Å². The second kappa shape index (κ2) is 7.74. The Morgan fingerprint density at radius 2 is 2.20 bits per heavy atom. The first-order valence-corrected chi connectivity index (χ1v) is 8.24. The Hall–Kier alpha value is -2.96. The third-order valence-electron chi connectivity index (χ3n) is 3.92. The second-order valence-corrected chi connectivity index (χ2v) is 5.72. The molecule has 0 atom stereocenters. The van der Waals surface area contributed by atoms with Crippen LogP contribution in [0, 0.1) is 0 Å². The number of aliphatic imine (C=N–C) groups is 1. The third kappa shape index (κ3) is 4.12. The highest BCUT2D eigenvalue weighted by molar-refractivity contribution is 6.04. The number of aryl methyl sites for hydroxylation is 2. The predicted molar refractivity (Wildman–Crippen MR) is 94.0 cm³/mol. The van der Waals surface area contributed by atoms with Crippen molar-refractivity contribution in [2.45, 2.75) is 26.3 Å². The molecule has 0 radical (unpaired) electrons. The lowest BCUT2D eigenvalue weighted by Gasteiger charge is -2.09. The topological polar surface area (TPSA) is 85.6 Å². The van der Waals surface area contributed by atoms with Gasteiger partial charge in [0.1, 0.15) is 12.4 Å². The molecule has 0 aliphatic carbocycles. The van der Waals surface area contributed by atoms with E-state index in [9.17, 15) is 9.59 Å². The van der Waals surface area contributed by atoms with Crippen LogP contribution >= 0.6 is 0 Å². The minimum atomic E-state index is -0.221. The summed E-state index contributed by atoms with van der Waals surface area (Å²) in [6.45, 7) is 2.97. The van der Waals surface area contributed by atoms with Crippen LogP contribution in [0.5, 0.6) is 0 Å². The molecule has 1 aromatic heterocycles. The van der Waals surface area contributed by atoms with Gasteiger partial charge in [-0.2, -0.15) is 0 Å². The Morgan fingerprint density at radius 3 is 3.04 bits per heavy atom. The van der Waals surface area contributed by atoms with Gasteiger partial charge in [0.2, 0.25) is 5.78 Å². The van der Waals surface area contributed by atoms with Crippen LogP contribution in [0.4, 0.5) is 5.82 Å². The SMILES string of the molecule is CCOC(=O)Cc1cccc(CCn2cnc3c2NC=NCC3=O)c1. The van der Waals surface area contributed by atoms with Gasteiger partial charge in [0, 0.05) is 6.54 Å². The van der Waals surface area contributed by atoms with Gasteiger partial charge < -0.3 is 14.6 Å². The molecule has 130 valence electrons. The van der Waals surface area contributed by atoms with Crippen LogP contribution in [0.1, 0.15) is 28.5 Å². The number of ketones is 1. The summed E-state index contributed by atoms with van der Waals surface area (Å²) in [5, 5.41) is 3.02. The summed E-state index contributed by atoms with van der Waals surface area (Å²) in [5.74, 6) is 0.363. The zero-order valence-corrected chi connectivity index (χ0v) is 14.1. The van der Waals surface area contributed by atoms with Gasteiger partial charge in [0.25, 0.3) is 0 Å². The summed E-state index contributed by atoms with van der Waals surface area (Å²) in [7, 11) is 0. The summed E-state index contributed by atoms with van der Waals surface area (Å²) in [6.07, 6.45) is 4.22. The monoisotopic (exact) mass is 340 g/mol. The molecule has 2 aromatic rings. The van der Waals surface area contributed by atoms with Gasteiger partial charge in [-0.05, 0) is 24.5 Å². The zero-order chi connectivity index (χ0) is 17.6. The quantitative estimate of drug-likeness (QED) is 0.811. The normalized spacial score (nSPS) is 13.1. The van der Waals surface area contributed by atoms with Crippen molar-refractivity contribution in [3.8, 4) is 0 Å². The summed E-state index contributed by atoms with van der Waals surface area (Å²) < 4.78 is 6.89. The molecule has 1 aliphatic rings. The lowest BCUT2D eigenvalue weighted by atomic mass is 10.1. The number of anilines is 1. The van der Waals surface area contributed by atoms with Gasteiger partial charge in [-0.15, -0.1) is 0 Å². The van der Waals surface area contributed by atoms with E-state index in [0.29, 0.717) is 24.7 Å². The van der Waals surface area contributed by atoms with E-state index in [4.69, 9.17) is 4.74 Å². The third-order valence-corrected chi connectivity index (χ3v) is 3.92. The molecule has 7 nitrogen and oxygen atoms in total. The fourth-order valence-corrected chi connectivity index (χ4v) is 2.74. The number of carbonyl (C=O) groups is 2. The largest absolute Gasteiger partial charge is 0.466 e. The van der Waals surface area contributed by atoms with Gasteiger partial charge in [0.15, 0.2) is 5.69 Å². The number of ether oxygens (including phenoxy) is 1. The molecule has 0 unspecified atom stereocenters. The van der Waals surface area contributed by atoms with Crippen molar-refractivity contribution >= 4 is 23.9 Å². The molecule has 1 aliphatic heterocycles. The average molecular weight is 340 g/mol. The second-order valence-electron chi connectivity index (χ2n) is 5.72. The number of rotatable bonds is 6. The molecule has 3 rings (SSSR count). The molecule has 0 saturated carbocycles. The Bertz CT molecular complexity index is 810. The van der Waals surface area contributed by atoms with Crippen molar-refractivity contribution in [1.82, 2.24) is 9.55 Å². The van der Waals surface area contributed by atoms with Crippen LogP contribution < -0.4 is 5.32 Å². The fourth-order valence-electron chi connectivity index (χ4n) is 2.74. The molecular weight excluding hydrogens is 320 g/mol. The summed E-state index contributed by atoms with van der Waals surface area (Å²) in [6, 6.07) is 7.88. The Labute approximate surface area is 145 Å². The van der Waals surface area contributed by atoms with E-state index in [1.54, 1.807) is 13.3 Å². The lowest BCUT2D eigenvalue weighted by molar-refractivity contribution is -0.142. The van der Waals surface area contributed by atoms with Crippen molar-refractivity contribution < 1.29 is 14.3 Å². The predicted octanol–water partition coefficient (Wildman–Crippen LogP) is 1.87. The van der Waals surface area contributed by atoms with Crippen LogP contribution in [0.15, 0.2) is 35.6 Å². The van der Waals surface area contributed by atoms with Crippen LogP contribution in [-0.2, 0) is 28.9 Å². The van der Waals surface area contributed by atoms with Gasteiger partial charge in [-0.25, -0.2) is 4.98 Å². The highest BCUT2D eigenvalue weighted by atomic mass is 16.5. The molecule has 1 N–H and O–H groups in total. The van der Waals surface area contributed by atoms with E-state index in [-0.39, 0.29) is 24.7 Å². The van der Waals surface area contributed by atoms with Crippen molar-refractivity contribution in [1.29, 1.82) is 0 Å². The smallest absolute Gasteiger partial charge is 0.310 e. The highest BCUT2D eigenvalue weighted by Gasteiger charge is 2.19. The zero-order valence-electron chi connectivity index (χ0n) is 14.1. The van der Waals surface area contributed by atoms with E-state index < -0.39 is 0 Å². The Kier molecular flexibility index (Phi) is 5.23. The number of aromatic nitrogens is 2. The maximum absolute atomic E-state index is 11.9. The van der Waals surface area contributed by atoms with Crippen LogP contribution in [0.2, 0.25) is 0 Å². The molecule has 0 bridgehead atoms. The molecular formula is C18H20N4O3. The van der Waals surface area contributed by atoms with Gasteiger partial charge >= 0.3 is 5.97 Å². The molecule has 0 fully saturated rings. The van der Waals surface area contributed by atoms with Crippen LogP contribution in [-0.4, -0.2) is 40.8 Å². The van der Waals surface area contributed by atoms with Crippen molar-refractivity contribution in [2.75, 3.05) is 18.5 Å². The number of Topliss-reactive ketones (excluding diaryl/α,β-unsaturated/α-hetero) is 1. The number of imidazole rings is 1. The van der Waals surface area contributed by atoms with Crippen molar-refractivity contribution in [2.24, 2.45) is 4.99 Å². The van der Waals surface area contributed by atoms with Crippen LogP contribution in [0.25, 0.3) is 0 Å². The molecule has 0 saturated heterocycles. The first kappa shape index (κ1) is 16.9. The molecule has 0 spiro atoms. The molecule has 2 heterocycles. The fraction of sp³-hybridized carbons (Fsp3) is 0.333. The first-order chi connectivity index (χ1) is 12.2. The maximum Gasteiger partial charge on any atom is 0.310 e. The summed E-state index contributed by atoms with van der Waals surface area (Å²) in [4.78, 5) is 31.7. The molecule has 7 heteroatoms. The average Bonchev–Trinajstić information content (AvgIpc) is 2.91. The number of benzene rings is 1. The minimum absolute atomic E-state index is 0.0913. The van der Waals surface area contributed by atoms with E-state index in [1.165, 1.54) is 6.34 Å². The van der Waals surface area contributed by atoms with Gasteiger partial charge in [0.05, 0.1) is 25.7 Å². The number of carbonyl (C=O) groups excluding carboxylic acids is 2. The summed E-state index contributed by atoms with van der Waals surface area (Å²) >= 11 is 0. The van der Waals surface area contributed by atoms with Gasteiger partial charge in [-0.3, -0.25) is 14.6 Å². The number of nitrogens with one attached hydrogen (secondary N) is 1. The maximum atomic E-state index is 11.9. The van der Waals surface area contributed by atoms with Gasteiger partial charge in [-0.1, -0.05) is 24.3 Å². The molecule has 1 aromatic carbocycles. The highest BCUT2D eigenvalue weighted by Crippen LogP contribution is 2.18. The number of hydrogen-bond acceptors (Lipinski definition) is 6. The van der Waals surface area contributed by atoms with Crippen molar-refractivity contribution in [3.05, 3.63) is 47.4 Å². The van der Waals surface area contributed by atoms with E-state index in [2.05, 4.69) is 15.3 Å². The standard InChI is InChI=1S/C18H20N4O3/c1-2-25-16(24)9-14-5-3-4-13(8-14)6-7-22-12-21-17-15(23)10-19-11-20-18(17)22/h3-5,8,11-12H,2,6-7,9-10H2,1H3,(H,19,20). The molecule has 25 heavy (non-hydrogen) atoms. The Balaban J connectivity index is 1.67. The minimum Gasteiger partial charge on any atom is -0.466 e.